The van der Waals surface area contributed by atoms with Crippen LogP contribution in [0.1, 0.15) is 53.9 Å². The van der Waals surface area contributed by atoms with Gasteiger partial charge in [0.25, 0.3) is 0 Å². The SMILES string of the molecule is COC(=O)c1ccc2c(C3CCCCC3)c(-c3ccc4ncccc4c3)n(C)c2c1. The van der Waals surface area contributed by atoms with Gasteiger partial charge in [0.2, 0.25) is 0 Å². The molecule has 4 heteroatoms. The van der Waals surface area contributed by atoms with Gasteiger partial charge >= 0.3 is 5.97 Å². The maximum Gasteiger partial charge on any atom is 0.337 e. The Hall–Kier alpha value is -3.14. The van der Waals surface area contributed by atoms with Gasteiger partial charge in [-0.2, -0.15) is 0 Å². The maximum absolute atomic E-state index is 12.1. The number of hydrogen-bond donors (Lipinski definition) is 0. The lowest BCUT2D eigenvalue weighted by molar-refractivity contribution is 0.0601. The van der Waals surface area contributed by atoms with Crippen molar-refractivity contribution in [1.29, 1.82) is 0 Å². The lowest BCUT2D eigenvalue weighted by atomic mass is 9.81. The van der Waals surface area contributed by atoms with E-state index in [1.54, 1.807) is 0 Å². The highest BCUT2D eigenvalue weighted by Gasteiger charge is 2.26. The summed E-state index contributed by atoms with van der Waals surface area (Å²) in [6, 6.07) is 16.6. The fourth-order valence-corrected chi connectivity index (χ4v) is 5.09. The van der Waals surface area contributed by atoms with E-state index >= 15 is 0 Å². The van der Waals surface area contributed by atoms with Crippen LogP contribution in [0, 0.1) is 0 Å². The molecule has 0 unspecified atom stereocenters. The molecule has 1 aliphatic carbocycles. The van der Waals surface area contributed by atoms with Crippen LogP contribution in [0.15, 0.2) is 54.7 Å². The van der Waals surface area contributed by atoms with E-state index in [4.69, 9.17) is 4.74 Å². The third kappa shape index (κ3) is 3.07. The summed E-state index contributed by atoms with van der Waals surface area (Å²) in [6.07, 6.45) is 8.16. The molecular formula is C26H26N2O2. The van der Waals surface area contributed by atoms with E-state index in [1.165, 1.54) is 61.4 Å². The molecule has 4 aromatic rings. The van der Waals surface area contributed by atoms with Crippen LogP contribution < -0.4 is 0 Å². The average molecular weight is 399 g/mol. The fourth-order valence-electron chi connectivity index (χ4n) is 5.09. The molecule has 1 aliphatic rings. The second kappa shape index (κ2) is 7.60. The van der Waals surface area contributed by atoms with E-state index in [0.29, 0.717) is 11.5 Å². The van der Waals surface area contributed by atoms with Gasteiger partial charge in [0.05, 0.1) is 23.9 Å². The Balaban J connectivity index is 1.77. The van der Waals surface area contributed by atoms with Gasteiger partial charge in [0.15, 0.2) is 0 Å². The highest BCUT2D eigenvalue weighted by atomic mass is 16.5. The number of pyridine rings is 1. The van der Waals surface area contributed by atoms with E-state index in [2.05, 4.69) is 46.9 Å². The lowest BCUT2D eigenvalue weighted by Crippen LogP contribution is -2.06. The maximum atomic E-state index is 12.1. The predicted molar refractivity (Wildman–Crippen MR) is 121 cm³/mol. The minimum absolute atomic E-state index is 0.296. The molecule has 1 saturated carbocycles. The Kier molecular flexibility index (Phi) is 4.78. The molecule has 0 atom stereocenters. The van der Waals surface area contributed by atoms with Gasteiger partial charge in [-0.25, -0.2) is 4.79 Å². The molecule has 2 aromatic carbocycles. The van der Waals surface area contributed by atoms with Crippen LogP contribution >= 0.6 is 0 Å². The number of aryl methyl sites for hydroxylation is 1. The molecule has 0 spiro atoms. The van der Waals surface area contributed by atoms with E-state index in [-0.39, 0.29) is 5.97 Å². The molecule has 0 aliphatic heterocycles. The number of fused-ring (bicyclic) bond motifs is 2. The first-order valence-corrected chi connectivity index (χ1v) is 10.7. The summed E-state index contributed by atoms with van der Waals surface area (Å²) in [5.41, 5.74) is 6.56. The zero-order chi connectivity index (χ0) is 20.7. The topological polar surface area (TPSA) is 44.1 Å². The zero-order valence-corrected chi connectivity index (χ0v) is 17.5. The quantitative estimate of drug-likeness (QED) is 0.384. The first-order chi connectivity index (χ1) is 14.7. The van der Waals surface area contributed by atoms with Gasteiger partial charge in [0.1, 0.15) is 0 Å². The summed E-state index contributed by atoms with van der Waals surface area (Å²) in [5, 5.41) is 2.39. The number of esters is 1. The number of carbonyl (C=O) groups excluding carboxylic acids is 1. The Bertz CT molecular complexity index is 1250. The molecule has 0 amide bonds. The van der Waals surface area contributed by atoms with E-state index in [9.17, 15) is 4.79 Å². The van der Waals surface area contributed by atoms with Crippen molar-refractivity contribution in [2.45, 2.75) is 38.0 Å². The summed E-state index contributed by atoms with van der Waals surface area (Å²) in [5.74, 6) is 0.252. The molecule has 152 valence electrons. The summed E-state index contributed by atoms with van der Waals surface area (Å²) in [4.78, 5) is 16.6. The number of benzene rings is 2. The summed E-state index contributed by atoms with van der Waals surface area (Å²) < 4.78 is 7.21. The van der Waals surface area contributed by atoms with E-state index in [1.807, 2.05) is 24.4 Å². The van der Waals surface area contributed by atoms with Gasteiger partial charge in [-0.1, -0.05) is 37.5 Å². The van der Waals surface area contributed by atoms with Crippen LogP contribution in [0.2, 0.25) is 0 Å². The minimum Gasteiger partial charge on any atom is -0.465 e. The van der Waals surface area contributed by atoms with Gasteiger partial charge in [-0.05, 0) is 60.2 Å². The molecule has 0 bridgehead atoms. The molecule has 0 N–H and O–H groups in total. The van der Waals surface area contributed by atoms with Crippen molar-refractivity contribution in [1.82, 2.24) is 9.55 Å². The molecule has 30 heavy (non-hydrogen) atoms. The predicted octanol–water partition coefficient (Wildman–Crippen LogP) is 6.23. The second-order valence-corrected chi connectivity index (χ2v) is 8.29. The van der Waals surface area contributed by atoms with Crippen LogP contribution in [0.5, 0.6) is 0 Å². The van der Waals surface area contributed by atoms with Crippen LogP contribution in [0.4, 0.5) is 0 Å². The minimum atomic E-state index is -0.296. The Morgan fingerprint density at radius 2 is 1.90 bits per heavy atom. The number of hydrogen-bond acceptors (Lipinski definition) is 3. The molecule has 0 radical (unpaired) electrons. The average Bonchev–Trinajstić information content (AvgIpc) is 3.10. The number of methoxy groups -OCH3 is 1. The fraction of sp³-hybridized carbons (Fsp3) is 0.308. The first kappa shape index (κ1) is 18.9. The number of carbonyl (C=O) groups is 1. The summed E-state index contributed by atoms with van der Waals surface area (Å²) in [7, 11) is 3.54. The Labute approximate surface area is 176 Å². The normalized spacial score (nSPS) is 15.0. The number of aromatic nitrogens is 2. The van der Waals surface area contributed by atoms with Gasteiger partial charge in [-0.3, -0.25) is 4.98 Å². The van der Waals surface area contributed by atoms with Gasteiger partial charge < -0.3 is 9.30 Å². The highest BCUT2D eigenvalue weighted by Crippen LogP contribution is 2.44. The van der Waals surface area contributed by atoms with Crippen LogP contribution in [-0.2, 0) is 11.8 Å². The van der Waals surface area contributed by atoms with E-state index in [0.717, 1.165) is 16.4 Å². The van der Waals surface area contributed by atoms with Crippen molar-refractivity contribution in [3.63, 3.8) is 0 Å². The largest absolute Gasteiger partial charge is 0.465 e. The van der Waals surface area contributed by atoms with Crippen LogP contribution in [0.3, 0.4) is 0 Å². The van der Waals surface area contributed by atoms with Crippen molar-refractivity contribution in [3.8, 4) is 11.3 Å². The second-order valence-electron chi connectivity index (χ2n) is 8.29. The summed E-state index contributed by atoms with van der Waals surface area (Å²) in [6.45, 7) is 0. The van der Waals surface area contributed by atoms with Crippen LogP contribution in [0.25, 0.3) is 33.1 Å². The van der Waals surface area contributed by atoms with Crippen molar-refractivity contribution in [2.24, 2.45) is 7.05 Å². The van der Waals surface area contributed by atoms with Crippen molar-refractivity contribution >= 4 is 27.8 Å². The third-order valence-corrected chi connectivity index (χ3v) is 6.55. The van der Waals surface area contributed by atoms with Crippen LogP contribution in [-0.4, -0.2) is 22.6 Å². The third-order valence-electron chi connectivity index (χ3n) is 6.55. The smallest absolute Gasteiger partial charge is 0.337 e. The van der Waals surface area contributed by atoms with Gasteiger partial charge in [0, 0.05) is 29.5 Å². The molecule has 4 nitrogen and oxygen atoms in total. The Morgan fingerprint density at radius 3 is 2.70 bits per heavy atom. The molecule has 1 fully saturated rings. The van der Waals surface area contributed by atoms with E-state index < -0.39 is 0 Å². The molecular weight excluding hydrogens is 372 g/mol. The van der Waals surface area contributed by atoms with Crippen molar-refractivity contribution in [2.75, 3.05) is 7.11 Å². The number of ether oxygens (including phenoxy) is 1. The van der Waals surface area contributed by atoms with Gasteiger partial charge in [-0.15, -0.1) is 0 Å². The molecule has 5 rings (SSSR count). The lowest BCUT2D eigenvalue weighted by Gasteiger charge is -2.23. The number of nitrogens with zero attached hydrogens (tertiary/aromatic N) is 2. The Morgan fingerprint density at radius 1 is 1.07 bits per heavy atom. The molecule has 2 aromatic heterocycles. The van der Waals surface area contributed by atoms with Crippen molar-refractivity contribution < 1.29 is 9.53 Å². The standard InChI is InChI=1S/C26H26N2O2/c1-28-23-16-20(26(29)30-2)10-12-21(23)24(17-7-4-3-5-8-17)25(28)19-11-13-22-18(15-19)9-6-14-27-22/h6,9-17H,3-5,7-8H2,1-2H3. The van der Waals surface area contributed by atoms with Crippen molar-refractivity contribution in [3.05, 3.63) is 65.9 Å². The molecule has 2 heterocycles. The molecule has 0 saturated heterocycles. The number of rotatable bonds is 3. The first-order valence-electron chi connectivity index (χ1n) is 10.7. The summed E-state index contributed by atoms with van der Waals surface area (Å²) >= 11 is 0. The highest BCUT2D eigenvalue weighted by molar-refractivity contribution is 5.99. The zero-order valence-electron chi connectivity index (χ0n) is 17.5. The monoisotopic (exact) mass is 398 g/mol.